The van der Waals surface area contributed by atoms with Gasteiger partial charge in [-0.05, 0) is 18.6 Å². The van der Waals surface area contributed by atoms with E-state index in [-0.39, 0.29) is 12.2 Å². The molecule has 2 rings (SSSR count). The number of ketones is 1. The van der Waals surface area contributed by atoms with Crippen LogP contribution < -0.4 is 5.73 Å². The summed E-state index contributed by atoms with van der Waals surface area (Å²) >= 11 is 0. The molecule has 86 valence electrons. The molecule has 1 aliphatic rings. The van der Waals surface area contributed by atoms with Crippen molar-refractivity contribution in [2.75, 3.05) is 13.2 Å². The third-order valence-electron chi connectivity index (χ3n) is 2.68. The van der Waals surface area contributed by atoms with Gasteiger partial charge in [-0.25, -0.2) is 8.78 Å². The lowest BCUT2D eigenvalue weighted by molar-refractivity contribution is 0.0859. The van der Waals surface area contributed by atoms with Gasteiger partial charge in [-0.2, -0.15) is 0 Å². The monoisotopic (exact) mass is 227 g/mol. The summed E-state index contributed by atoms with van der Waals surface area (Å²) in [6, 6.07) is 2.82. The van der Waals surface area contributed by atoms with Crippen LogP contribution in [0.3, 0.4) is 0 Å². The molecule has 0 aliphatic carbocycles. The highest BCUT2D eigenvalue weighted by Crippen LogP contribution is 2.22. The molecule has 1 atom stereocenters. The van der Waals surface area contributed by atoms with Crippen LogP contribution in [0.4, 0.5) is 8.78 Å². The van der Waals surface area contributed by atoms with Crippen LogP contribution in [0.1, 0.15) is 16.8 Å². The van der Waals surface area contributed by atoms with E-state index in [9.17, 15) is 13.6 Å². The zero-order chi connectivity index (χ0) is 11.8. The number of hydrogen-bond acceptors (Lipinski definition) is 3. The molecule has 1 aromatic carbocycles. The smallest absolute Gasteiger partial charge is 0.188 e. The average Bonchev–Trinajstić information content (AvgIpc) is 2.66. The molecule has 1 fully saturated rings. The third kappa shape index (κ3) is 1.83. The van der Waals surface area contributed by atoms with E-state index in [1.165, 1.54) is 0 Å². The summed E-state index contributed by atoms with van der Waals surface area (Å²) in [5.74, 6) is -2.15. The second-order valence-electron chi connectivity index (χ2n) is 3.91. The molecule has 1 saturated heterocycles. The summed E-state index contributed by atoms with van der Waals surface area (Å²) in [6.45, 7) is 0.452. The number of rotatable bonds is 2. The van der Waals surface area contributed by atoms with Crippen LogP contribution in [0, 0.1) is 11.6 Å². The fourth-order valence-corrected chi connectivity index (χ4v) is 1.70. The number of ether oxygens (including phenoxy) is 1. The molecule has 5 heteroatoms. The second kappa shape index (κ2) is 3.92. The van der Waals surface area contributed by atoms with Crippen molar-refractivity contribution < 1.29 is 18.3 Å². The molecule has 16 heavy (non-hydrogen) atoms. The van der Waals surface area contributed by atoms with E-state index in [1.807, 2.05) is 0 Å². The van der Waals surface area contributed by atoms with Crippen molar-refractivity contribution in [2.24, 2.45) is 5.73 Å². The maximum Gasteiger partial charge on any atom is 0.188 e. The van der Waals surface area contributed by atoms with Gasteiger partial charge in [-0.1, -0.05) is 0 Å². The van der Waals surface area contributed by atoms with Crippen LogP contribution in [-0.4, -0.2) is 24.5 Å². The molecule has 0 saturated carbocycles. The first kappa shape index (κ1) is 11.2. The Labute approximate surface area is 91.2 Å². The number of carbonyl (C=O) groups excluding carboxylic acids is 1. The molecule has 1 aromatic rings. The van der Waals surface area contributed by atoms with Crippen molar-refractivity contribution in [2.45, 2.75) is 12.0 Å². The van der Waals surface area contributed by atoms with Crippen LogP contribution in [0.25, 0.3) is 0 Å². The van der Waals surface area contributed by atoms with Gasteiger partial charge in [0.1, 0.15) is 17.2 Å². The second-order valence-corrected chi connectivity index (χ2v) is 3.91. The Morgan fingerprint density at radius 2 is 2.19 bits per heavy atom. The summed E-state index contributed by atoms with van der Waals surface area (Å²) in [7, 11) is 0. The quantitative estimate of drug-likeness (QED) is 0.774. The van der Waals surface area contributed by atoms with Gasteiger partial charge in [0.05, 0.1) is 12.2 Å². The summed E-state index contributed by atoms with van der Waals surface area (Å²) in [5, 5.41) is 0. The fraction of sp³-hybridized carbons (Fsp3) is 0.364. The highest BCUT2D eigenvalue weighted by molar-refractivity contribution is 6.03. The highest BCUT2D eigenvalue weighted by Gasteiger charge is 2.39. The van der Waals surface area contributed by atoms with Crippen molar-refractivity contribution >= 4 is 5.78 Å². The van der Waals surface area contributed by atoms with Gasteiger partial charge in [0.2, 0.25) is 0 Å². The van der Waals surface area contributed by atoms with Crippen LogP contribution in [-0.2, 0) is 4.74 Å². The lowest BCUT2D eigenvalue weighted by Gasteiger charge is -2.20. The molecule has 1 heterocycles. The summed E-state index contributed by atoms with van der Waals surface area (Å²) in [5.41, 5.74) is 4.44. The van der Waals surface area contributed by atoms with Gasteiger partial charge in [0.25, 0.3) is 0 Å². The van der Waals surface area contributed by atoms with Crippen LogP contribution >= 0.6 is 0 Å². The van der Waals surface area contributed by atoms with Gasteiger partial charge in [0, 0.05) is 12.7 Å². The van der Waals surface area contributed by atoms with Gasteiger partial charge >= 0.3 is 0 Å². The minimum absolute atomic E-state index is 0.0721. The Hall–Kier alpha value is -1.33. The molecule has 0 amide bonds. The number of Topliss-reactive ketones (excluding diaryl/α,β-unsaturated/α-hetero) is 1. The first-order valence-electron chi connectivity index (χ1n) is 4.89. The summed E-state index contributed by atoms with van der Waals surface area (Å²) in [4.78, 5) is 11.9. The minimum Gasteiger partial charge on any atom is -0.379 e. The van der Waals surface area contributed by atoms with Crippen LogP contribution in [0.5, 0.6) is 0 Å². The Kier molecular flexibility index (Phi) is 2.73. The zero-order valence-electron chi connectivity index (χ0n) is 8.50. The zero-order valence-corrected chi connectivity index (χ0v) is 8.50. The number of nitrogens with two attached hydrogens (primary N) is 1. The van der Waals surface area contributed by atoms with E-state index in [1.54, 1.807) is 0 Å². The largest absolute Gasteiger partial charge is 0.379 e. The highest BCUT2D eigenvalue weighted by atomic mass is 19.1. The minimum atomic E-state index is -1.18. The summed E-state index contributed by atoms with van der Waals surface area (Å²) in [6.07, 6.45) is 0.350. The average molecular weight is 227 g/mol. The molecule has 3 nitrogen and oxygen atoms in total. The normalized spacial score (nSPS) is 24.7. The van der Waals surface area contributed by atoms with Gasteiger partial charge < -0.3 is 10.5 Å². The van der Waals surface area contributed by atoms with Crippen molar-refractivity contribution in [1.29, 1.82) is 0 Å². The van der Waals surface area contributed by atoms with E-state index in [0.29, 0.717) is 19.1 Å². The Morgan fingerprint density at radius 3 is 2.75 bits per heavy atom. The Morgan fingerprint density at radius 1 is 1.44 bits per heavy atom. The van der Waals surface area contributed by atoms with E-state index in [4.69, 9.17) is 10.5 Å². The SMILES string of the molecule is NC1(C(=O)c2ccc(F)cc2F)CCOC1. The number of benzene rings is 1. The van der Waals surface area contributed by atoms with Gasteiger partial charge in [-0.15, -0.1) is 0 Å². The van der Waals surface area contributed by atoms with Gasteiger partial charge in [0.15, 0.2) is 5.78 Å². The lowest BCUT2D eigenvalue weighted by Crippen LogP contribution is -2.48. The molecule has 1 aliphatic heterocycles. The topological polar surface area (TPSA) is 52.3 Å². The molecule has 0 aromatic heterocycles. The predicted molar refractivity (Wildman–Crippen MR) is 53.0 cm³/mol. The van der Waals surface area contributed by atoms with Crippen molar-refractivity contribution in [1.82, 2.24) is 0 Å². The lowest BCUT2D eigenvalue weighted by atomic mass is 9.89. The number of halogens is 2. The first-order chi connectivity index (χ1) is 7.53. The standard InChI is InChI=1S/C11H11F2NO2/c12-7-1-2-8(9(13)5-7)10(15)11(14)3-4-16-6-11/h1-2,5H,3-4,6,14H2. The molecular formula is C11H11F2NO2. The maximum absolute atomic E-state index is 13.4. The number of hydrogen-bond donors (Lipinski definition) is 1. The molecule has 2 N–H and O–H groups in total. The molecule has 0 radical (unpaired) electrons. The van der Waals surface area contributed by atoms with E-state index in [2.05, 4.69) is 0 Å². The fourth-order valence-electron chi connectivity index (χ4n) is 1.70. The van der Waals surface area contributed by atoms with Crippen molar-refractivity contribution in [3.63, 3.8) is 0 Å². The molecule has 0 spiro atoms. The Balaban J connectivity index is 2.33. The van der Waals surface area contributed by atoms with Crippen molar-refractivity contribution in [3.8, 4) is 0 Å². The molecular weight excluding hydrogens is 216 g/mol. The summed E-state index contributed by atoms with van der Waals surface area (Å²) < 4.78 is 31.1. The van der Waals surface area contributed by atoms with E-state index < -0.39 is 23.0 Å². The number of carbonyl (C=O) groups is 1. The molecule has 1 unspecified atom stereocenters. The maximum atomic E-state index is 13.4. The van der Waals surface area contributed by atoms with E-state index in [0.717, 1.165) is 12.1 Å². The van der Waals surface area contributed by atoms with Crippen molar-refractivity contribution in [3.05, 3.63) is 35.4 Å². The predicted octanol–water partition coefficient (Wildman–Crippen LogP) is 1.27. The third-order valence-corrected chi connectivity index (χ3v) is 2.68. The van der Waals surface area contributed by atoms with Crippen LogP contribution in [0.15, 0.2) is 18.2 Å². The first-order valence-corrected chi connectivity index (χ1v) is 4.89. The van der Waals surface area contributed by atoms with Crippen LogP contribution in [0.2, 0.25) is 0 Å². The van der Waals surface area contributed by atoms with E-state index >= 15 is 0 Å². The molecule has 0 bridgehead atoms. The Bertz CT molecular complexity index is 428. The van der Waals surface area contributed by atoms with Gasteiger partial charge in [-0.3, -0.25) is 4.79 Å².